The van der Waals surface area contributed by atoms with E-state index in [0.29, 0.717) is 18.5 Å². The molecule has 1 aliphatic rings. The minimum Gasteiger partial charge on any atom is -0.388 e. The molecule has 0 aromatic carbocycles. The molecule has 1 fully saturated rings. The van der Waals surface area contributed by atoms with Crippen LogP contribution in [0.5, 0.6) is 0 Å². The summed E-state index contributed by atoms with van der Waals surface area (Å²) in [4.78, 5) is 22.2. The lowest BCUT2D eigenvalue weighted by Crippen LogP contribution is -2.48. The Morgan fingerprint density at radius 3 is 2.65 bits per heavy atom. The summed E-state index contributed by atoms with van der Waals surface area (Å²) in [6.45, 7) is 3.23. The third-order valence-electron chi connectivity index (χ3n) is 3.72. The quantitative estimate of drug-likeness (QED) is 0.601. The molecule has 0 aliphatic heterocycles. The predicted octanol–water partition coefficient (Wildman–Crippen LogP) is 0.439. The Labute approximate surface area is 115 Å². The van der Waals surface area contributed by atoms with Crippen molar-refractivity contribution in [2.75, 3.05) is 6.54 Å². The van der Waals surface area contributed by atoms with Gasteiger partial charge in [0.2, 0.25) is 5.91 Å². The third kappa shape index (κ3) is 2.79. The number of hydrogen-bond acceptors (Lipinski definition) is 5. The maximum absolute atomic E-state index is 11.8. The highest BCUT2D eigenvalue weighted by Gasteiger charge is 2.34. The average Bonchev–Trinajstić information content (AvgIpc) is 2.59. The van der Waals surface area contributed by atoms with E-state index in [2.05, 4.69) is 10.4 Å². The van der Waals surface area contributed by atoms with Gasteiger partial charge in [0.1, 0.15) is 17.9 Å². The van der Waals surface area contributed by atoms with Crippen LogP contribution in [0.15, 0.2) is 0 Å². The van der Waals surface area contributed by atoms with E-state index in [1.165, 1.54) is 11.6 Å². The fourth-order valence-corrected chi connectivity index (χ4v) is 2.32. The molecule has 0 saturated heterocycles. The van der Waals surface area contributed by atoms with Gasteiger partial charge < -0.3 is 10.4 Å². The number of nitrogens with zero attached hydrogens (tertiary/aromatic N) is 3. The molecule has 8 heteroatoms. The highest BCUT2D eigenvalue weighted by molar-refractivity contribution is 5.76. The van der Waals surface area contributed by atoms with Crippen LogP contribution in [0.1, 0.15) is 30.7 Å². The number of hydrogen-bond donors (Lipinski definition) is 2. The largest absolute Gasteiger partial charge is 0.388 e. The van der Waals surface area contributed by atoms with Gasteiger partial charge in [-0.25, -0.2) is 0 Å². The zero-order chi connectivity index (χ0) is 14.9. The van der Waals surface area contributed by atoms with E-state index in [1.54, 1.807) is 6.92 Å². The molecule has 1 aromatic heterocycles. The summed E-state index contributed by atoms with van der Waals surface area (Å²) < 4.78 is 1.31. The number of nitrogens with one attached hydrogen (secondary N) is 1. The molecule has 0 radical (unpaired) electrons. The van der Waals surface area contributed by atoms with Crippen LogP contribution in [0.4, 0.5) is 5.69 Å². The maximum Gasteiger partial charge on any atom is 0.312 e. The summed E-state index contributed by atoms with van der Waals surface area (Å²) in [5, 5.41) is 27.4. The maximum atomic E-state index is 11.8. The Bertz CT molecular complexity index is 548. The molecular formula is C12H18N4O4. The molecule has 20 heavy (non-hydrogen) atoms. The van der Waals surface area contributed by atoms with Gasteiger partial charge in [0.05, 0.1) is 10.5 Å². The van der Waals surface area contributed by atoms with Gasteiger partial charge in [-0.3, -0.25) is 19.6 Å². The topological polar surface area (TPSA) is 110 Å². The van der Waals surface area contributed by atoms with Crippen molar-refractivity contribution in [3.63, 3.8) is 0 Å². The van der Waals surface area contributed by atoms with E-state index in [9.17, 15) is 20.0 Å². The van der Waals surface area contributed by atoms with E-state index in [0.717, 1.165) is 6.42 Å². The average molecular weight is 282 g/mol. The van der Waals surface area contributed by atoms with Gasteiger partial charge in [0, 0.05) is 6.54 Å². The molecule has 2 N–H and O–H groups in total. The SMILES string of the molecule is Cc1nn(CC(=O)NCC2(O)CCC2)c(C)c1[N+](=O)[O-]. The molecule has 1 heterocycles. The van der Waals surface area contributed by atoms with Crippen molar-refractivity contribution >= 4 is 11.6 Å². The van der Waals surface area contributed by atoms with Crippen molar-refractivity contribution in [1.82, 2.24) is 15.1 Å². The molecule has 1 aromatic rings. The lowest BCUT2D eigenvalue weighted by atomic mass is 9.80. The zero-order valence-corrected chi connectivity index (χ0v) is 11.5. The van der Waals surface area contributed by atoms with Crippen LogP contribution in [0.3, 0.4) is 0 Å². The van der Waals surface area contributed by atoms with Crippen LogP contribution in [-0.4, -0.2) is 37.9 Å². The Morgan fingerprint density at radius 1 is 1.55 bits per heavy atom. The van der Waals surface area contributed by atoms with Gasteiger partial charge in [0.25, 0.3) is 0 Å². The second-order valence-corrected chi connectivity index (χ2v) is 5.29. The number of aryl methyl sites for hydroxylation is 1. The number of rotatable bonds is 5. The first-order chi connectivity index (χ1) is 9.32. The smallest absolute Gasteiger partial charge is 0.312 e. The second kappa shape index (κ2) is 5.20. The summed E-state index contributed by atoms with van der Waals surface area (Å²) >= 11 is 0. The first-order valence-corrected chi connectivity index (χ1v) is 6.50. The minimum absolute atomic E-state index is 0.0598. The van der Waals surface area contributed by atoms with E-state index < -0.39 is 10.5 Å². The normalized spacial score (nSPS) is 16.6. The molecule has 2 rings (SSSR count). The van der Waals surface area contributed by atoms with Crippen molar-refractivity contribution in [3.05, 3.63) is 21.5 Å². The molecule has 1 amide bonds. The molecule has 0 atom stereocenters. The lowest BCUT2D eigenvalue weighted by Gasteiger charge is -2.36. The Hall–Kier alpha value is -1.96. The molecule has 1 aliphatic carbocycles. The van der Waals surface area contributed by atoms with Gasteiger partial charge in [-0.1, -0.05) is 0 Å². The Balaban J connectivity index is 1.97. The van der Waals surface area contributed by atoms with Gasteiger partial charge in [-0.2, -0.15) is 5.10 Å². The van der Waals surface area contributed by atoms with Crippen LogP contribution in [-0.2, 0) is 11.3 Å². The number of aromatic nitrogens is 2. The monoisotopic (exact) mass is 282 g/mol. The van der Waals surface area contributed by atoms with Crippen LogP contribution in [0, 0.1) is 24.0 Å². The van der Waals surface area contributed by atoms with Crippen molar-refractivity contribution in [1.29, 1.82) is 0 Å². The van der Waals surface area contributed by atoms with Crippen molar-refractivity contribution in [2.45, 2.75) is 45.3 Å². The number of aliphatic hydroxyl groups is 1. The van der Waals surface area contributed by atoms with Crippen molar-refractivity contribution < 1.29 is 14.8 Å². The van der Waals surface area contributed by atoms with Crippen molar-refractivity contribution in [2.24, 2.45) is 0 Å². The number of nitro groups is 1. The summed E-state index contributed by atoms with van der Waals surface area (Å²) in [7, 11) is 0. The zero-order valence-electron chi connectivity index (χ0n) is 11.5. The molecule has 8 nitrogen and oxygen atoms in total. The molecule has 1 saturated carbocycles. The van der Waals surface area contributed by atoms with E-state index in [1.807, 2.05) is 0 Å². The first kappa shape index (κ1) is 14.4. The lowest BCUT2D eigenvalue weighted by molar-refractivity contribution is -0.386. The molecule has 0 bridgehead atoms. The minimum atomic E-state index is -0.781. The van der Waals surface area contributed by atoms with E-state index >= 15 is 0 Å². The van der Waals surface area contributed by atoms with Crippen LogP contribution >= 0.6 is 0 Å². The number of carbonyl (C=O) groups is 1. The van der Waals surface area contributed by atoms with E-state index in [-0.39, 0.29) is 30.4 Å². The van der Waals surface area contributed by atoms with Gasteiger partial charge in [-0.15, -0.1) is 0 Å². The fourth-order valence-electron chi connectivity index (χ4n) is 2.32. The number of carbonyl (C=O) groups excluding carboxylic acids is 1. The highest BCUT2D eigenvalue weighted by atomic mass is 16.6. The van der Waals surface area contributed by atoms with Crippen LogP contribution < -0.4 is 5.32 Å². The molecule has 110 valence electrons. The van der Waals surface area contributed by atoms with Crippen LogP contribution in [0.2, 0.25) is 0 Å². The predicted molar refractivity (Wildman–Crippen MR) is 70.2 cm³/mol. The van der Waals surface area contributed by atoms with E-state index in [4.69, 9.17) is 0 Å². The van der Waals surface area contributed by atoms with Crippen LogP contribution in [0.25, 0.3) is 0 Å². The summed E-state index contributed by atoms with van der Waals surface area (Å²) in [6.07, 6.45) is 2.35. The number of amides is 1. The van der Waals surface area contributed by atoms with Gasteiger partial charge in [-0.05, 0) is 33.1 Å². The van der Waals surface area contributed by atoms with Gasteiger partial charge >= 0.3 is 5.69 Å². The van der Waals surface area contributed by atoms with Gasteiger partial charge in [0.15, 0.2) is 0 Å². The first-order valence-electron chi connectivity index (χ1n) is 6.50. The Morgan fingerprint density at radius 2 is 2.20 bits per heavy atom. The standard InChI is InChI=1S/C12H18N4O4/c1-8-11(16(19)20)9(2)15(14-8)6-10(17)13-7-12(18)4-3-5-12/h18H,3-7H2,1-2H3,(H,13,17). The highest BCUT2D eigenvalue weighted by Crippen LogP contribution is 2.30. The Kier molecular flexibility index (Phi) is 3.76. The second-order valence-electron chi connectivity index (χ2n) is 5.29. The summed E-state index contributed by atoms with van der Waals surface area (Å²) in [5.74, 6) is -0.314. The molecular weight excluding hydrogens is 264 g/mol. The molecule has 0 spiro atoms. The third-order valence-corrected chi connectivity index (χ3v) is 3.72. The fraction of sp³-hybridized carbons (Fsp3) is 0.667. The summed E-state index contributed by atoms with van der Waals surface area (Å²) in [5.41, 5.74) is -0.199. The summed E-state index contributed by atoms with van der Waals surface area (Å²) in [6, 6.07) is 0. The van der Waals surface area contributed by atoms with Crippen molar-refractivity contribution in [3.8, 4) is 0 Å². The molecule has 0 unspecified atom stereocenters.